The second kappa shape index (κ2) is 13.9. The van der Waals surface area contributed by atoms with Crippen molar-refractivity contribution in [1.82, 2.24) is 4.90 Å². The number of hydrogen-bond donors (Lipinski definition) is 4. The van der Waals surface area contributed by atoms with E-state index in [0.717, 1.165) is 16.3 Å². The van der Waals surface area contributed by atoms with E-state index in [1.807, 2.05) is 60.7 Å². The summed E-state index contributed by atoms with van der Waals surface area (Å²) in [6.45, 7) is 0.689. The first-order valence-electron chi connectivity index (χ1n) is 13.7. The predicted octanol–water partition coefficient (Wildman–Crippen LogP) is 4.52. The van der Waals surface area contributed by atoms with E-state index in [1.54, 1.807) is 35.2 Å². The predicted molar refractivity (Wildman–Crippen MR) is 165 cm³/mol. The SMILES string of the molecule is N=C(N)c1cccc(C(=O)N(CC(=O)O)c2cccc3ccccc23)c1.NC(=O)N1CCC(C(=O)c2ccccc2)CC1. The number of hydrogen-bond acceptors (Lipinski definition) is 5. The molecule has 4 aromatic carbocycles. The second-order valence-electron chi connectivity index (χ2n) is 10.1. The summed E-state index contributed by atoms with van der Waals surface area (Å²) >= 11 is 0. The van der Waals surface area contributed by atoms with Gasteiger partial charge in [0.05, 0.1) is 5.69 Å². The average Bonchev–Trinajstić information content (AvgIpc) is 3.03. The maximum Gasteiger partial charge on any atom is 0.323 e. The van der Waals surface area contributed by atoms with Crippen molar-refractivity contribution in [1.29, 1.82) is 5.41 Å². The number of nitrogens with one attached hydrogen (secondary N) is 1. The molecular weight excluding hydrogens is 546 g/mol. The molecule has 0 aliphatic carbocycles. The van der Waals surface area contributed by atoms with Gasteiger partial charge in [-0.3, -0.25) is 24.7 Å². The van der Waals surface area contributed by atoms with Gasteiger partial charge < -0.3 is 21.5 Å². The van der Waals surface area contributed by atoms with Gasteiger partial charge in [0.15, 0.2) is 5.78 Å². The molecule has 1 heterocycles. The maximum atomic E-state index is 13.1. The highest BCUT2D eigenvalue weighted by Gasteiger charge is 2.27. The fraction of sp³-hybridized carbons (Fsp3) is 0.182. The number of nitrogens with two attached hydrogens (primary N) is 2. The van der Waals surface area contributed by atoms with Gasteiger partial charge in [0.2, 0.25) is 0 Å². The summed E-state index contributed by atoms with van der Waals surface area (Å²) in [5.41, 5.74) is 12.6. The molecule has 4 aromatic rings. The number of urea groups is 1. The Morgan fingerprint density at radius 3 is 2.02 bits per heavy atom. The number of primary amides is 1. The van der Waals surface area contributed by atoms with Crippen molar-refractivity contribution >= 4 is 46.0 Å². The molecule has 1 saturated heterocycles. The minimum absolute atomic E-state index is 0.0213. The molecular formula is C33H33N5O5. The number of anilines is 1. The van der Waals surface area contributed by atoms with E-state index in [9.17, 15) is 24.3 Å². The van der Waals surface area contributed by atoms with E-state index in [0.29, 0.717) is 37.2 Å². The molecule has 10 heteroatoms. The quantitative estimate of drug-likeness (QED) is 0.142. The van der Waals surface area contributed by atoms with Crippen LogP contribution in [-0.4, -0.2) is 59.2 Å². The van der Waals surface area contributed by atoms with Crippen molar-refractivity contribution < 1.29 is 24.3 Å². The number of rotatable bonds is 7. The number of fused-ring (bicyclic) bond motifs is 1. The molecule has 1 aliphatic rings. The first-order valence-corrected chi connectivity index (χ1v) is 13.7. The fourth-order valence-electron chi connectivity index (χ4n) is 5.02. The highest BCUT2D eigenvalue weighted by molar-refractivity contribution is 6.13. The molecule has 10 nitrogen and oxygen atoms in total. The molecule has 1 fully saturated rings. The number of aliphatic carboxylic acids is 1. The number of likely N-dealkylation sites (tertiary alicyclic amines) is 1. The lowest BCUT2D eigenvalue weighted by Gasteiger charge is -2.29. The topological polar surface area (TPSA) is 171 Å². The lowest BCUT2D eigenvalue weighted by Crippen LogP contribution is -2.43. The molecule has 6 N–H and O–H groups in total. The van der Waals surface area contributed by atoms with E-state index < -0.39 is 24.5 Å². The minimum Gasteiger partial charge on any atom is -0.480 e. The van der Waals surface area contributed by atoms with Gasteiger partial charge in [-0.15, -0.1) is 0 Å². The van der Waals surface area contributed by atoms with Crippen molar-refractivity contribution in [2.45, 2.75) is 12.8 Å². The lowest BCUT2D eigenvalue weighted by atomic mass is 9.89. The van der Waals surface area contributed by atoms with Crippen molar-refractivity contribution in [2.24, 2.45) is 17.4 Å². The summed E-state index contributed by atoms with van der Waals surface area (Å²) < 4.78 is 0. The van der Waals surface area contributed by atoms with Crippen LogP contribution in [0.15, 0.2) is 97.1 Å². The largest absolute Gasteiger partial charge is 0.480 e. The third-order valence-electron chi connectivity index (χ3n) is 7.25. The Hall–Kier alpha value is -5.51. The van der Waals surface area contributed by atoms with Crippen molar-refractivity contribution in [3.63, 3.8) is 0 Å². The van der Waals surface area contributed by atoms with Crippen LogP contribution in [0, 0.1) is 11.3 Å². The number of ketones is 1. The minimum atomic E-state index is -1.12. The number of nitrogen functional groups attached to an aromatic ring is 1. The van der Waals surface area contributed by atoms with Gasteiger partial charge >= 0.3 is 12.0 Å². The third-order valence-corrected chi connectivity index (χ3v) is 7.25. The standard InChI is InChI=1S/C20H17N3O3.C13H16N2O2/c21-19(22)14-7-3-8-15(11-14)20(26)23(12-18(24)25)17-10-4-6-13-5-1-2-9-16(13)17;14-13(17)15-8-6-11(7-9-15)12(16)10-4-2-1-3-5-10/h1-11H,12H2,(H3,21,22)(H,24,25);1-5,11H,6-9H2,(H2,14,17). The summed E-state index contributed by atoms with van der Waals surface area (Å²) in [5.74, 6) is -1.54. The van der Waals surface area contributed by atoms with Gasteiger partial charge in [0, 0.05) is 41.1 Å². The maximum absolute atomic E-state index is 13.1. The fourth-order valence-corrected chi connectivity index (χ4v) is 5.02. The van der Waals surface area contributed by atoms with Crippen LogP contribution < -0.4 is 16.4 Å². The normalized spacial score (nSPS) is 13.0. The third kappa shape index (κ3) is 7.62. The zero-order valence-corrected chi connectivity index (χ0v) is 23.5. The van der Waals surface area contributed by atoms with Gasteiger partial charge in [-0.05, 0) is 36.4 Å². The number of nitrogens with zero attached hydrogens (tertiary/aromatic N) is 2. The summed E-state index contributed by atoms with van der Waals surface area (Å²) in [4.78, 5) is 50.4. The summed E-state index contributed by atoms with van der Waals surface area (Å²) in [5, 5.41) is 18.5. The van der Waals surface area contributed by atoms with Crippen LogP contribution in [0.5, 0.6) is 0 Å². The van der Waals surface area contributed by atoms with Crippen LogP contribution >= 0.6 is 0 Å². The van der Waals surface area contributed by atoms with Crippen molar-refractivity contribution in [2.75, 3.05) is 24.5 Å². The van der Waals surface area contributed by atoms with E-state index in [-0.39, 0.29) is 23.1 Å². The number of amides is 3. The van der Waals surface area contributed by atoms with Gasteiger partial charge in [-0.25, -0.2) is 4.79 Å². The van der Waals surface area contributed by atoms with Crippen LogP contribution in [0.1, 0.15) is 39.1 Å². The van der Waals surface area contributed by atoms with E-state index >= 15 is 0 Å². The first-order chi connectivity index (χ1) is 20.7. The highest BCUT2D eigenvalue weighted by Crippen LogP contribution is 2.28. The number of Topliss-reactive ketones (excluding diaryl/α,β-unsaturated/α-hetero) is 1. The molecule has 0 aromatic heterocycles. The van der Waals surface area contributed by atoms with E-state index in [2.05, 4.69) is 0 Å². The van der Waals surface area contributed by atoms with Crippen LogP contribution in [-0.2, 0) is 4.79 Å². The Bertz CT molecular complexity index is 1640. The van der Waals surface area contributed by atoms with E-state index in [4.69, 9.17) is 16.9 Å². The smallest absolute Gasteiger partial charge is 0.323 e. The van der Waals surface area contributed by atoms with Gasteiger partial charge in [0.25, 0.3) is 5.91 Å². The van der Waals surface area contributed by atoms with Crippen LogP contribution in [0.25, 0.3) is 10.8 Å². The molecule has 0 saturated carbocycles. The Kier molecular flexibility index (Phi) is 9.85. The zero-order valence-electron chi connectivity index (χ0n) is 23.5. The van der Waals surface area contributed by atoms with Crippen molar-refractivity contribution in [3.05, 3.63) is 114 Å². The monoisotopic (exact) mass is 579 g/mol. The Labute approximate surface area is 249 Å². The first kappa shape index (κ1) is 30.4. The van der Waals surface area contributed by atoms with Crippen LogP contribution in [0.2, 0.25) is 0 Å². The summed E-state index contributed by atoms with van der Waals surface area (Å²) in [6, 6.07) is 28.1. The van der Waals surface area contributed by atoms with Crippen molar-refractivity contribution in [3.8, 4) is 0 Å². The number of carbonyl (C=O) groups is 4. The molecule has 220 valence electrons. The number of piperidine rings is 1. The van der Waals surface area contributed by atoms with Gasteiger partial charge in [-0.1, -0.05) is 78.9 Å². The second-order valence-corrected chi connectivity index (χ2v) is 10.1. The van der Waals surface area contributed by atoms with Crippen LogP contribution in [0.4, 0.5) is 10.5 Å². The molecule has 0 radical (unpaired) electrons. The molecule has 0 unspecified atom stereocenters. The molecule has 0 spiro atoms. The molecule has 43 heavy (non-hydrogen) atoms. The molecule has 1 aliphatic heterocycles. The summed E-state index contributed by atoms with van der Waals surface area (Å²) in [6.07, 6.45) is 1.41. The highest BCUT2D eigenvalue weighted by atomic mass is 16.4. The molecule has 5 rings (SSSR count). The number of carboxylic acid groups (broad SMARTS) is 1. The number of carbonyl (C=O) groups excluding carboxylic acids is 3. The van der Waals surface area contributed by atoms with Gasteiger partial charge in [0.1, 0.15) is 12.4 Å². The van der Waals surface area contributed by atoms with Crippen LogP contribution in [0.3, 0.4) is 0 Å². The number of benzene rings is 4. The number of carboxylic acids is 1. The lowest BCUT2D eigenvalue weighted by molar-refractivity contribution is -0.135. The Morgan fingerprint density at radius 1 is 0.791 bits per heavy atom. The van der Waals surface area contributed by atoms with Gasteiger partial charge in [-0.2, -0.15) is 0 Å². The molecule has 0 bridgehead atoms. The Balaban J connectivity index is 0.000000215. The molecule has 3 amide bonds. The van der Waals surface area contributed by atoms with E-state index in [1.165, 1.54) is 11.0 Å². The average molecular weight is 580 g/mol. The summed E-state index contributed by atoms with van der Waals surface area (Å²) in [7, 11) is 0. The molecule has 0 atom stereocenters. The zero-order chi connectivity index (χ0) is 30.9. The Morgan fingerprint density at radius 2 is 1.37 bits per heavy atom. The number of amidine groups is 1.